The SMILES string of the molecule is CC(=O)C[C@H](C)c1cncc(Br)c1.CC(=O)Cl.C[C@@H](N)c1cncc(Br)c1.Cl. The van der Waals surface area contributed by atoms with Gasteiger partial charge in [0.2, 0.25) is 5.24 Å². The quantitative estimate of drug-likeness (QED) is 0.467. The first-order valence-corrected chi connectivity index (χ1v) is 10.1. The average Bonchev–Trinajstić information content (AvgIpc) is 2.54. The van der Waals surface area contributed by atoms with Crippen LogP contribution in [0.1, 0.15) is 57.2 Å². The van der Waals surface area contributed by atoms with E-state index in [0.29, 0.717) is 6.42 Å². The van der Waals surface area contributed by atoms with Gasteiger partial charge in [0, 0.05) is 53.1 Å². The van der Waals surface area contributed by atoms with Crippen LogP contribution in [0.5, 0.6) is 0 Å². The number of aromatic nitrogens is 2. The predicted molar refractivity (Wildman–Crippen MR) is 124 cm³/mol. The van der Waals surface area contributed by atoms with E-state index in [9.17, 15) is 9.59 Å². The molecule has 0 aliphatic heterocycles. The van der Waals surface area contributed by atoms with E-state index >= 15 is 0 Å². The van der Waals surface area contributed by atoms with Crippen LogP contribution in [0.15, 0.2) is 45.9 Å². The molecule has 156 valence electrons. The van der Waals surface area contributed by atoms with Crippen molar-refractivity contribution >= 4 is 66.9 Å². The highest BCUT2D eigenvalue weighted by Crippen LogP contribution is 2.21. The summed E-state index contributed by atoms with van der Waals surface area (Å²) in [6.07, 6.45) is 7.64. The molecular weight excluding hydrogens is 533 g/mol. The number of rotatable bonds is 4. The topological polar surface area (TPSA) is 85.9 Å². The minimum atomic E-state index is -0.361. The Balaban J connectivity index is 0. The highest BCUT2D eigenvalue weighted by atomic mass is 79.9. The first-order chi connectivity index (χ1) is 12.5. The summed E-state index contributed by atoms with van der Waals surface area (Å²) < 4.78 is 1.93. The maximum absolute atomic E-state index is 10.9. The van der Waals surface area contributed by atoms with Crippen molar-refractivity contribution in [3.8, 4) is 0 Å². The summed E-state index contributed by atoms with van der Waals surface area (Å²) >= 11 is 11.3. The average molecular weight is 558 g/mol. The summed E-state index contributed by atoms with van der Waals surface area (Å²) in [4.78, 5) is 28.1. The van der Waals surface area contributed by atoms with Gasteiger partial charge in [0.05, 0.1) is 0 Å². The lowest BCUT2D eigenvalue weighted by Gasteiger charge is -2.08. The highest BCUT2D eigenvalue weighted by Gasteiger charge is 2.08. The molecule has 0 saturated heterocycles. The van der Waals surface area contributed by atoms with Crippen LogP contribution in [0, 0.1) is 0 Å². The molecule has 0 amide bonds. The molecule has 0 bridgehead atoms. The molecule has 2 aromatic rings. The van der Waals surface area contributed by atoms with Crippen molar-refractivity contribution < 1.29 is 9.59 Å². The van der Waals surface area contributed by atoms with E-state index in [-0.39, 0.29) is 35.4 Å². The minimum Gasteiger partial charge on any atom is -0.324 e. The molecule has 0 saturated carbocycles. The number of nitrogens with two attached hydrogens (primary N) is 1. The zero-order valence-corrected chi connectivity index (χ0v) is 20.9. The van der Waals surface area contributed by atoms with E-state index in [0.717, 1.165) is 20.1 Å². The van der Waals surface area contributed by atoms with E-state index < -0.39 is 0 Å². The standard InChI is InChI=1S/C10H12BrNO.C7H9BrN2.C2H3ClO.ClH/c1-7(3-8(2)13)9-4-10(11)6-12-5-9;1-5(9)6-2-7(8)4-10-3-6;1-2(3)4;/h4-7H,3H2,1-2H3;2-5H,9H2,1H3;1H3;1H/t7-;5-;;/m01../s1. The fourth-order valence-electron chi connectivity index (χ4n) is 1.92. The molecule has 2 heterocycles. The Labute approximate surface area is 194 Å². The van der Waals surface area contributed by atoms with Gasteiger partial charge in [-0.25, -0.2) is 0 Å². The van der Waals surface area contributed by atoms with E-state index in [1.54, 1.807) is 31.7 Å². The normalized spacial score (nSPS) is 11.4. The highest BCUT2D eigenvalue weighted by molar-refractivity contribution is 9.10. The van der Waals surface area contributed by atoms with Crippen LogP contribution in [0.4, 0.5) is 0 Å². The molecule has 0 fully saturated rings. The molecule has 28 heavy (non-hydrogen) atoms. The number of carbonyl (C=O) groups is 2. The zero-order chi connectivity index (χ0) is 21.0. The Bertz CT molecular complexity index is 743. The van der Waals surface area contributed by atoms with Crippen molar-refractivity contribution in [2.45, 2.75) is 46.1 Å². The number of hydrogen-bond acceptors (Lipinski definition) is 5. The van der Waals surface area contributed by atoms with E-state index in [1.165, 1.54) is 6.92 Å². The maximum atomic E-state index is 10.9. The number of nitrogens with zero attached hydrogens (tertiary/aromatic N) is 2. The molecule has 0 radical (unpaired) electrons. The van der Waals surface area contributed by atoms with Crippen molar-refractivity contribution in [1.29, 1.82) is 0 Å². The molecule has 0 spiro atoms. The fourth-order valence-corrected chi connectivity index (χ4v) is 2.69. The lowest BCUT2D eigenvalue weighted by molar-refractivity contribution is -0.117. The lowest BCUT2D eigenvalue weighted by atomic mass is 9.98. The van der Waals surface area contributed by atoms with Crippen LogP contribution >= 0.6 is 55.9 Å². The molecule has 0 aromatic carbocycles. The molecule has 0 aliphatic rings. The molecule has 0 aliphatic carbocycles. The molecule has 2 rings (SSSR count). The van der Waals surface area contributed by atoms with E-state index in [2.05, 4.69) is 53.4 Å². The van der Waals surface area contributed by atoms with Crippen LogP contribution in [-0.4, -0.2) is 21.0 Å². The Morgan fingerprint density at radius 1 is 1.00 bits per heavy atom. The Hall–Kier alpha value is -0.860. The van der Waals surface area contributed by atoms with Crippen LogP contribution in [0.25, 0.3) is 0 Å². The van der Waals surface area contributed by atoms with Crippen LogP contribution < -0.4 is 5.73 Å². The first-order valence-electron chi connectivity index (χ1n) is 8.14. The summed E-state index contributed by atoms with van der Waals surface area (Å²) in [5.41, 5.74) is 7.77. The largest absolute Gasteiger partial charge is 0.324 e. The van der Waals surface area contributed by atoms with Gasteiger partial charge in [0.25, 0.3) is 0 Å². The Kier molecular flexibility index (Phi) is 16.8. The number of hydrogen-bond donors (Lipinski definition) is 1. The van der Waals surface area contributed by atoms with Crippen LogP contribution in [-0.2, 0) is 9.59 Å². The van der Waals surface area contributed by atoms with Gasteiger partial charge in [-0.2, -0.15) is 0 Å². The van der Waals surface area contributed by atoms with Crippen molar-refractivity contribution in [2.75, 3.05) is 0 Å². The maximum Gasteiger partial charge on any atom is 0.218 e. The third-order valence-corrected chi connectivity index (χ3v) is 4.01. The van der Waals surface area contributed by atoms with Gasteiger partial charge in [-0.3, -0.25) is 14.8 Å². The van der Waals surface area contributed by atoms with E-state index in [1.807, 2.05) is 26.0 Å². The van der Waals surface area contributed by atoms with Crippen molar-refractivity contribution in [1.82, 2.24) is 9.97 Å². The van der Waals surface area contributed by atoms with Gasteiger partial charge in [-0.15, -0.1) is 12.4 Å². The zero-order valence-electron chi connectivity index (χ0n) is 16.2. The molecule has 9 heteroatoms. The first kappa shape index (κ1) is 29.3. The molecule has 0 unspecified atom stereocenters. The predicted octanol–water partition coefficient (Wildman–Crippen LogP) is 5.98. The second kappa shape index (κ2) is 16.0. The van der Waals surface area contributed by atoms with Crippen molar-refractivity contribution in [2.24, 2.45) is 5.73 Å². The smallest absolute Gasteiger partial charge is 0.218 e. The fraction of sp³-hybridized carbons (Fsp3) is 0.368. The Morgan fingerprint density at radius 2 is 1.39 bits per heavy atom. The third kappa shape index (κ3) is 15.1. The summed E-state index contributed by atoms with van der Waals surface area (Å²) in [7, 11) is 0. The van der Waals surface area contributed by atoms with Gasteiger partial charge in [0.1, 0.15) is 5.78 Å². The molecular formula is C19H25Br2Cl2N3O2. The minimum absolute atomic E-state index is 0. The molecule has 2 atom stereocenters. The summed E-state index contributed by atoms with van der Waals surface area (Å²) in [5.74, 6) is 0.468. The summed E-state index contributed by atoms with van der Waals surface area (Å²) in [6, 6.07) is 4.03. The van der Waals surface area contributed by atoms with Gasteiger partial charge in [-0.1, -0.05) is 6.92 Å². The second-order valence-electron chi connectivity index (χ2n) is 5.94. The van der Waals surface area contributed by atoms with Gasteiger partial charge in [0.15, 0.2) is 0 Å². The van der Waals surface area contributed by atoms with Crippen molar-refractivity contribution in [3.63, 3.8) is 0 Å². The molecule has 2 N–H and O–H groups in total. The number of Topliss-reactive ketones (excluding diaryl/α,β-unsaturated/α-hetero) is 1. The van der Waals surface area contributed by atoms with Crippen LogP contribution in [0.3, 0.4) is 0 Å². The molecule has 5 nitrogen and oxygen atoms in total. The third-order valence-electron chi connectivity index (χ3n) is 3.14. The number of pyridine rings is 2. The van der Waals surface area contributed by atoms with Crippen LogP contribution in [0.2, 0.25) is 0 Å². The number of carbonyl (C=O) groups excluding carboxylic acids is 2. The van der Waals surface area contributed by atoms with Gasteiger partial charge < -0.3 is 10.5 Å². The summed E-state index contributed by atoms with van der Waals surface area (Å²) in [6.45, 7) is 6.87. The molecule has 2 aromatic heterocycles. The second-order valence-corrected chi connectivity index (χ2v) is 8.30. The number of ketones is 1. The lowest BCUT2D eigenvalue weighted by Crippen LogP contribution is -2.04. The van der Waals surface area contributed by atoms with Gasteiger partial charge in [-0.05, 0) is 86.5 Å². The number of halogens is 4. The van der Waals surface area contributed by atoms with Gasteiger partial charge >= 0.3 is 0 Å². The summed E-state index contributed by atoms with van der Waals surface area (Å²) in [5, 5.41) is -0.361. The monoisotopic (exact) mass is 555 g/mol. The van der Waals surface area contributed by atoms with Crippen molar-refractivity contribution in [3.05, 3.63) is 57.0 Å². The Morgan fingerprint density at radius 3 is 1.71 bits per heavy atom. The van der Waals surface area contributed by atoms with E-state index in [4.69, 9.17) is 5.73 Å².